The van der Waals surface area contributed by atoms with Gasteiger partial charge < -0.3 is 5.32 Å². The van der Waals surface area contributed by atoms with Crippen molar-refractivity contribution >= 4 is 58.1 Å². The molecule has 0 aliphatic rings. The molecule has 0 unspecified atom stereocenters. The van der Waals surface area contributed by atoms with Crippen molar-refractivity contribution in [1.29, 1.82) is 0 Å². The van der Waals surface area contributed by atoms with Gasteiger partial charge in [-0.05, 0) is 31.0 Å². The van der Waals surface area contributed by atoms with Crippen LogP contribution in [0, 0.1) is 6.92 Å². The van der Waals surface area contributed by atoms with Crippen LogP contribution in [0.15, 0.2) is 26.9 Å². The Labute approximate surface area is 147 Å². The summed E-state index contributed by atoms with van der Waals surface area (Å²) in [7, 11) is 0. The molecule has 0 aliphatic heterocycles. The smallest absolute Gasteiger partial charge is 0.234 e. The van der Waals surface area contributed by atoms with E-state index in [0.717, 1.165) is 26.4 Å². The number of amides is 1. The minimum absolute atomic E-state index is 0.0807. The molecule has 2 aromatic rings. The normalized spacial score (nSPS) is 10.7. The van der Waals surface area contributed by atoms with Gasteiger partial charge in [0.15, 0.2) is 8.68 Å². The Morgan fingerprint density at radius 3 is 2.73 bits per heavy atom. The highest BCUT2D eigenvalue weighted by molar-refractivity contribution is 8.03. The average molecular weight is 374 g/mol. The van der Waals surface area contributed by atoms with Gasteiger partial charge in [0.05, 0.1) is 5.75 Å². The maximum absolute atomic E-state index is 11.9. The lowest BCUT2D eigenvalue weighted by atomic mass is 10.2. The van der Waals surface area contributed by atoms with Crippen molar-refractivity contribution in [2.45, 2.75) is 28.9 Å². The molecule has 118 valence electrons. The fourth-order valence-electron chi connectivity index (χ4n) is 1.50. The van der Waals surface area contributed by atoms with Crippen molar-refractivity contribution < 1.29 is 4.79 Å². The fraction of sp³-hybridized carbons (Fsp3) is 0.357. The highest BCUT2D eigenvalue weighted by Gasteiger charge is 2.09. The van der Waals surface area contributed by atoms with E-state index in [1.807, 2.05) is 19.1 Å². The second kappa shape index (κ2) is 8.76. The van der Waals surface area contributed by atoms with Gasteiger partial charge in [0.2, 0.25) is 5.91 Å². The zero-order valence-corrected chi connectivity index (χ0v) is 15.5. The Hall–Kier alpha value is -0.760. The first-order valence-corrected chi connectivity index (χ1v) is 9.90. The van der Waals surface area contributed by atoms with Crippen LogP contribution in [-0.2, 0) is 4.79 Å². The summed E-state index contributed by atoms with van der Waals surface area (Å²) in [5, 5.41) is 11.7. The molecule has 1 heterocycles. The van der Waals surface area contributed by atoms with E-state index in [-0.39, 0.29) is 5.91 Å². The number of aryl methyl sites for hydroxylation is 1. The first kappa shape index (κ1) is 17.6. The lowest BCUT2D eigenvalue weighted by molar-refractivity contribution is -0.113. The standard InChI is InChI=1S/C14H16ClN3OS3/c1-3-6-20-13-17-18-14(22-13)21-8-12(19)16-10-5-4-9(2)11(15)7-10/h4-5,7H,3,6,8H2,1-2H3,(H,16,19). The molecule has 0 atom stereocenters. The number of anilines is 1. The molecule has 0 radical (unpaired) electrons. The highest BCUT2D eigenvalue weighted by Crippen LogP contribution is 2.29. The molecule has 0 bridgehead atoms. The molecular weight excluding hydrogens is 358 g/mol. The van der Waals surface area contributed by atoms with Crippen LogP contribution in [0.3, 0.4) is 0 Å². The number of nitrogens with zero attached hydrogens (tertiary/aromatic N) is 2. The molecule has 2 rings (SSSR count). The second-order valence-electron chi connectivity index (χ2n) is 4.48. The minimum Gasteiger partial charge on any atom is -0.325 e. The van der Waals surface area contributed by atoms with Crippen LogP contribution < -0.4 is 5.32 Å². The highest BCUT2D eigenvalue weighted by atomic mass is 35.5. The molecule has 4 nitrogen and oxygen atoms in total. The number of thioether (sulfide) groups is 2. The van der Waals surface area contributed by atoms with Crippen molar-refractivity contribution in [3.8, 4) is 0 Å². The van der Waals surface area contributed by atoms with E-state index in [1.54, 1.807) is 17.8 Å². The van der Waals surface area contributed by atoms with Crippen LogP contribution in [0.25, 0.3) is 0 Å². The number of aromatic nitrogens is 2. The number of carbonyl (C=O) groups excluding carboxylic acids is 1. The van der Waals surface area contributed by atoms with Crippen molar-refractivity contribution in [2.24, 2.45) is 0 Å². The van der Waals surface area contributed by atoms with Crippen molar-refractivity contribution in [1.82, 2.24) is 10.2 Å². The molecule has 0 spiro atoms. The zero-order chi connectivity index (χ0) is 15.9. The molecule has 0 fully saturated rings. The molecule has 1 amide bonds. The number of rotatable bonds is 7. The predicted octanol–water partition coefficient (Wildman–Crippen LogP) is 4.73. The van der Waals surface area contributed by atoms with Crippen LogP contribution in [0.5, 0.6) is 0 Å². The summed E-state index contributed by atoms with van der Waals surface area (Å²) in [4.78, 5) is 11.9. The quantitative estimate of drug-likeness (QED) is 0.711. The maximum atomic E-state index is 11.9. The summed E-state index contributed by atoms with van der Waals surface area (Å²) in [6, 6.07) is 5.48. The molecule has 0 saturated heterocycles. The molecule has 1 aromatic carbocycles. The molecule has 8 heteroatoms. The Morgan fingerprint density at radius 1 is 1.32 bits per heavy atom. The number of carbonyl (C=O) groups is 1. The van der Waals surface area contributed by atoms with Crippen LogP contribution in [0.2, 0.25) is 5.02 Å². The average Bonchev–Trinajstić information content (AvgIpc) is 2.95. The van der Waals surface area contributed by atoms with E-state index in [2.05, 4.69) is 22.4 Å². The van der Waals surface area contributed by atoms with E-state index in [0.29, 0.717) is 16.5 Å². The third-order valence-corrected chi connectivity index (χ3v) is 6.40. The Kier molecular flexibility index (Phi) is 7.01. The van der Waals surface area contributed by atoms with E-state index in [9.17, 15) is 4.79 Å². The maximum Gasteiger partial charge on any atom is 0.234 e. The summed E-state index contributed by atoms with van der Waals surface area (Å²) in [5.41, 5.74) is 1.69. The lowest BCUT2D eigenvalue weighted by Crippen LogP contribution is -2.13. The first-order valence-electron chi connectivity index (χ1n) is 6.73. The number of nitrogens with one attached hydrogen (secondary N) is 1. The third-order valence-electron chi connectivity index (χ3n) is 2.60. The third kappa shape index (κ3) is 5.46. The summed E-state index contributed by atoms with van der Waals surface area (Å²) >= 11 is 10.7. The largest absolute Gasteiger partial charge is 0.325 e. The van der Waals surface area contributed by atoms with Gasteiger partial charge in [-0.3, -0.25) is 4.79 Å². The lowest BCUT2D eigenvalue weighted by Gasteiger charge is -2.05. The van der Waals surface area contributed by atoms with E-state index in [1.165, 1.54) is 23.1 Å². The van der Waals surface area contributed by atoms with E-state index >= 15 is 0 Å². The van der Waals surface area contributed by atoms with Crippen molar-refractivity contribution in [3.05, 3.63) is 28.8 Å². The Balaban J connectivity index is 1.82. The minimum atomic E-state index is -0.0807. The number of hydrogen-bond donors (Lipinski definition) is 1. The van der Waals surface area contributed by atoms with Gasteiger partial charge >= 0.3 is 0 Å². The molecule has 0 saturated carbocycles. The summed E-state index contributed by atoms with van der Waals surface area (Å²) in [6.45, 7) is 4.05. The van der Waals surface area contributed by atoms with Crippen molar-refractivity contribution in [2.75, 3.05) is 16.8 Å². The predicted molar refractivity (Wildman–Crippen MR) is 96.5 cm³/mol. The molecule has 1 N–H and O–H groups in total. The summed E-state index contributed by atoms with van der Waals surface area (Å²) < 4.78 is 1.77. The van der Waals surface area contributed by atoms with Crippen molar-refractivity contribution in [3.63, 3.8) is 0 Å². The van der Waals surface area contributed by atoms with Gasteiger partial charge in [-0.2, -0.15) is 0 Å². The zero-order valence-electron chi connectivity index (χ0n) is 12.3. The first-order chi connectivity index (χ1) is 10.6. The van der Waals surface area contributed by atoms with Crippen LogP contribution in [0.1, 0.15) is 18.9 Å². The SMILES string of the molecule is CCCSc1nnc(SCC(=O)Nc2ccc(C)c(Cl)c2)s1. The number of benzene rings is 1. The fourth-order valence-corrected chi connectivity index (χ4v) is 4.42. The van der Waals surface area contributed by atoms with Gasteiger partial charge in [0.1, 0.15) is 0 Å². The Morgan fingerprint density at radius 2 is 2.05 bits per heavy atom. The molecular formula is C14H16ClN3OS3. The molecule has 0 aliphatic carbocycles. The molecule has 1 aromatic heterocycles. The van der Waals surface area contributed by atoms with Gasteiger partial charge in [-0.25, -0.2) is 0 Å². The topological polar surface area (TPSA) is 54.9 Å². The Bertz CT molecular complexity index is 648. The molecule has 22 heavy (non-hydrogen) atoms. The summed E-state index contributed by atoms with van der Waals surface area (Å²) in [6.07, 6.45) is 1.11. The van der Waals surface area contributed by atoms with E-state index < -0.39 is 0 Å². The second-order valence-corrected chi connectivity index (χ2v) is 8.43. The monoisotopic (exact) mass is 373 g/mol. The van der Waals surface area contributed by atoms with Gasteiger partial charge in [-0.15, -0.1) is 10.2 Å². The van der Waals surface area contributed by atoms with E-state index in [4.69, 9.17) is 11.6 Å². The van der Waals surface area contributed by atoms with Gasteiger partial charge in [-0.1, -0.05) is 59.5 Å². The van der Waals surface area contributed by atoms with Crippen LogP contribution in [0.4, 0.5) is 5.69 Å². The van der Waals surface area contributed by atoms with Gasteiger partial charge in [0.25, 0.3) is 0 Å². The number of halogens is 1. The number of hydrogen-bond acceptors (Lipinski definition) is 6. The van der Waals surface area contributed by atoms with Crippen LogP contribution in [-0.4, -0.2) is 27.6 Å². The van der Waals surface area contributed by atoms with Gasteiger partial charge in [0, 0.05) is 16.5 Å². The van der Waals surface area contributed by atoms with Crippen LogP contribution >= 0.6 is 46.5 Å². The summed E-state index contributed by atoms with van der Waals surface area (Å²) in [5.74, 6) is 1.26.